The summed E-state index contributed by atoms with van der Waals surface area (Å²) in [5.41, 5.74) is 23.2. The van der Waals surface area contributed by atoms with Crippen LogP contribution in [0.4, 0.5) is 0 Å². The van der Waals surface area contributed by atoms with Gasteiger partial charge in [0.25, 0.3) is 0 Å². The third kappa shape index (κ3) is 5.23. The van der Waals surface area contributed by atoms with Crippen LogP contribution in [-0.4, -0.2) is 0 Å². The van der Waals surface area contributed by atoms with E-state index in [4.69, 9.17) is 0 Å². The van der Waals surface area contributed by atoms with Gasteiger partial charge in [-0.25, -0.2) is 0 Å². The molecule has 10 aromatic rings. The van der Waals surface area contributed by atoms with Gasteiger partial charge in [0.05, 0.1) is 0 Å². The minimum atomic E-state index is -0.115. The number of benzene rings is 10. The van der Waals surface area contributed by atoms with Crippen LogP contribution >= 0.6 is 0 Å². The zero-order chi connectivity index (χ0) is 39.2. The quantitative estimate of drug-likeness (QED) is 0.164. The van der Waals surface area contributed by atoms with Crippen LogP contribution in [0.25, 0.3) is 111 Å². The van der Waals surface area contributed by atoms with Crippen molar-refractivity contribution in [1.29, 1.82) is 0 Å². The van der Waals surface area contributed by atoms with Crippen LogP contribution in [0.5, 0.6) is 0 Å². The first-order valence-corrected chi connectivity index (χ1v) is 20.7. The molecule has 2 aliphatic rings. The fourth-order valence-electron chi connectivity index (χ4n) is 10.2. The maximum absolute atomic E-state index is 2.42. The summed E-state index contributed by atoms with van der Waals surface area (Å²) in [6.07, 6.45) is 0. The SMILES string of the molecule is CC1(C)c2cc(-c3ccc(-c4ccc(-c5ccc6c7c(cccc57)-c5ccccc5-6)cc4)cc3)ccc2-c2ccc(-c3ccc(-c4cccc5ccccc45)cc3)cc21. The minimum Gasteiger partial charge on any atom is -0.0616 e. The first-order chi connectivity index (χ1) is 29.0. The standard InChI is InChI=1S/C59H40/c1-59(2)56-35-44(29-31-51(56)52-32-30-45(36-57(52)59)40-23-27-42(28-24-40)47-14-7-10-41-9-3-4-11-46(41)47)39-19-17-37(18-20-39)38-21-25-43(26-22-38)48-33-34-55-50-13-6-5-12-49(50)54-16-8-15-53(48)58(54)55/h3-36H,1-2H3. The lowest BCUT2D eigenvalue weighted by Crippen LogP contribution is -2.15. The Hall–Kier alpha value is -7.28. The zero-order valence-electron chi connectivity index (χ0n) is 33.1. The van der Waals surface area contributed by atoms with Gasteiger partial charge in [0.15, 0.2) is 0 Å². The van der Waals surface area contributed by atoms with Crippen LogP contribution in [0.2, 0.25) is 0 Å². The second-order valence-corrected chi connectivity index (χ2v) is 16.8. The largest absolute Gasteiger partial charge is 0.0616 e. The highest BCUT2D eigenvalue weighted by molar-refractivity contribution is 6.18. The van der Waals surface area contributed by atoms with Crippen molar-refractivity contribution in [2.24, 2.45) is 0 Å². The summed E-state index contributed by atoms with van der Waals surface area (Å²) in [5.74, 6) is 0. The second kappa shape index (κ2) is 12.9. The maximum Gasteiger partial charge on any atom is 0.0159 e. The molecule has 0 saturated heterocycles. The average Bonchev–Trinajstić information content (AvgIpc) is 3.74. The molecule has 12 rings (SSSR count). The molecule has 0 N–H and O–H groups in total. The maximum atomic E-state index is 2.42. The van der Waals surface area contributed by atoms with E-state index in [1.54, 1.807) is 0 Å². The fraction of sp³-hybridized carbons (Fsp3) is 0.0508. The van der Waals surface area contributed by atoms with E-state index in [0.717, 1.165) is 0 Å². The highest BCUT2D eigenvalue weighted by Crippen LogP contribution is 2.52. The summed E-state index contributed by atoms with van der Waals surface area (Å²) in [6.45, 7) is 4.76. The highest BCUT2D eigenvalue weighted by Gasteiger charge is 2.36. The summed E-state index contributed by atoms with van der Waals surface area (Å²) in [7, 11) is 0. The van der Waals surface area contributed by atoms with Crippen molar-refractivity contribution >= 4 is 21.5 Å². The normalized spacial score (nSPS) is 13.1. The Kier molecular flexibility index (Phi) is 7.38. The molecular formula is C59H40. The van der Waals surface area contributed by atoms with Gasteiger partial charge in [-0.05, 0) is 134 Å². The minimum absolute atomic E-state index is 0.115. The second-order valence-electron chi connectivity index (χ2n) is 16.8. The van der Waals surface area contributed by atoms with Gasteiger partial charge in [0.2, 0.25) is 0 Å². The summed E-state index contributed by atoms with van der Waals surface area (Å²) in [6, 6.07) is 76.7. The first kappa shape index (κ1) is 33.8. The van der Waals surface area contributed by atoms with Crippen molar-refractivity contribution < 1.29 is 0 Å². The van der Waals surface area contributed by atoms with E-state index in [-0.39, 0.29) is 5.41 Å². The average molecular weight is 749 g/mol. The first-order valence-electron chi connectivity index (χ1n) is 20.7. The topological polar surface area (TPSA) is 0 Å². The van der Waals surface area contributed by atoms with E-state index in [0.29, 0.717) is 0 Å². The predicted octanol–water partition coefficient (Wildman–Crippen LogP) is 16.3. The highest BCUT2D eigenvalue weighted by atomic mass is 14.4. The Morgan fingerprint density at radius 1 is 0.254 bits per heavy atom. The van der Waals surface area contributed by atoms with Crippen LogP contribution < -0.4 is 0 Å². The van der Waals surface area contributed by atoms with Gasteiger partial charge in [0, 0.05) is 5.41 Å². The molecule has 10 aromatic carbocycles. The number of hydrogen-bond acceptors (Lipinski definition) is 0. The zero-order valence-corrected chi connectivity index (χ0v) is 33.1. The molecule has 0 saturated carbocycles. The Bertz CT molecular complexity index is 3270. The smallest absolute Gasteiger partial charge is 0.0159 e. The van der Waals surface area contributed by atoms with Crippen molar-refractivity contribution in [3.05, 3.63) is 217 Å². The van der Waals surface area contributed by atoms with Gasteiger partial charge in [-0.15, -0.1) is 0 Å². The van der Waals surface area contributed by atoms with Gasteiger partial charge in [-0.3, -0.25) is 0 Å². The van der Waals surface area contributed by atoms with Gasteiger partial charge >= 0.3 is 0 Å². The summed E-state index contributed by atoms with van der Waals surface area (Å²) >= 11 is 0. The van der Waals surface area contributed by atoms with Crippen LogP contribution in [-0.2, 0) is 5.41 Å². The van der Waals surface area contributed by atoms with E-state index in [1.807, 2.05) is 0 Å². The molecule has 0 bridgehead atoms. The Balaban J connectivity index is 0.800. The molecule has 0 nitrogen and oxygen atoms in total. The molecule has 0 unspecified atom stereocenters. The molecule has 0 atom stereocenters. The lowest BCUT2D eigenvalue weighted by molar-refractivity contribution is 0.661. The lowest BCUT2D eigenvalue weighted by Gasteiger charge is -2.22. The van der Waals surface area contributed by atoms with Gasteiger partial charge < -0.3 is 0 Å². The van der Waals surface area contributed by atoms with Gasteiger partial charge in [-0.2, -0.15) is 0 Å². The molecule has 59 heavy (non-hydrogen) atoms. The third-order valence-corrected chi connectivity index (χ3v) is 13.3. The Morgan fingerprint density at radius 3 is 1.20 bits per heavy atom. The Labute approximate surface area is 345 Å². The van der Waals surface area contributed by atoms with Crippen LogP contribution in [0, 0.1) is 0 Å². The van der Waals surface area contributed by atoms with Crippen LogP contribution in [0.15, 0.2) is 206 Å². The molecule has 276 valence electrons. The molecule has 0 amide bonds. The van der Waals surface area contributed by atoms with Crippen LogP contribution in [0.1, 0.15) is 25.0 Å². The third-order valence-electron chi connectivity index (χ3n) is 13.3. The molecule has 0 aromatic heterocycles. The number of hydrogen-bond donors (Lipinski definition) is 0. The van der Waals surface area contributed by atoms with Crippen molar-refractivity contribution in [3.8, 4) is 89.0 Å². The molecule has 0 radical (unpaired) electrons. The summed E-state index contributed by atoms with van der Waals surface area (Å²) < 4.78 is 0. The Morgan fingerprint density at radius 2 is 0.610 bits per heavy atom. The van der Waals surface area contributed by atoms with Crippen molar-refractivity contribution in [1.82, 2.24) is 0 Å². The van der Waals surface area contributed by atoms with E-state index in [2.05, 4.69) is 220 Å². The number of rotatable bonds is 5. The molecule has 0 aliphatic heterocycles. The predicted molar refractivity (Wildman–Crippen MR) is 251 cm³/mol. The van der Waals surface area contributed by atoms with E-state index < -0.39 is 0 Å². The van der Waals surface area contributed by atoms with Crippen LogP contribution in [0.3, 0.4) is 0 Å². The van der Waals surface area contributed by atoms with E-state index >= 15 is 0 Å². The molecule has 2 aliphatic carbocycles. The van der Waals surface area contributed by atoms with Crippen molar-refractivity contribution in [2.45, 2.75) is 19.3 Å². The molecule has 0 heteroatoms. The molecular weight excluding hydrogens is 709 g/mol. The van der Waals surface area contributed by atoms with Crippen molar-refractivity contribution in [3.63, 3.8) is 0 Å². The monoisotopic (exact) mass is 748 g/mol. The van der Waals surface area contributed by atoms with E-state index in [1.165, 1.54) is 122 Å². The molecule has 0 spiro atoms. The lowest BCUT2D eigenvalue weighted by atomic mass is 9.80. The van der Waals surface area contributed by atoms with Gasteiger partial charge in [-0.1, -0.05) is 208 Å². The number of fused-ring (bicyclic) bond motifs is 7. The molecule has 0 fully saturated rings. The summed E-state index contributed by atoms with van der Waals surface area (Å²) in [4.78, 5) is 0. The molecule has 0 heterocycles. The van der Waals surface area contributed by atoms with Gasteiger partial charge in [0.1, 0.15) is 0 Å². The van der Waals surface area contributed by atoms with Crippen molar-refractivity contribution in [2.75, 3.05) is 0 Å². The summed E-state index contributed by atoms with van der Waals surface area (Å²) in [5, 5.41) is 5.25. The van der Waals surface area contributed by atoms with E-state index in [9.17, 15) is 0 Å². The fourth-order valence-corrected chi connectivity index (χ4v) is 10.2.